The number of nitrogens with zero attached hydrogens (tertiary/aromatic N) is 1. The van der Waals surface area contributed by atoms with Crippen LogP contribution in [0.4, 0.5) is 0 Å². The largest absolute Gasteiger partial charge is 0.477 e. The van der Waals surface area contributed by atoms with Crippen molar-refractivity contribution in [1.82, 2.24) is 0 Å². The molecule has 9 nitrogen and oxygen atoms in total. The first-order valence-corrected chi connectivity index (χ1v) is 29.2. The number of aliphatic carboxylic acids is 1. The van der Waals surface area contributed by atoms with Crippen molar-refractivity contribution < 1.29 is 42.9 Å². The Morgan fingerprint density at radius 3 is 1.16 bits per heavy atom. The van der Waals surface area contributed by atoms with Crippen LogP contribution in [0.1, 0.15) is 271 Å². The Morgan fingerprint density at radius 2 is 0.783 bits per heavy atom. The molecule has 0 saturated heterocycles. The van der Waals surface area contributed by atoms with E-state index in [1.54, 1.807) is 0 Å². The lowest BCUT2D eigenvalue weighted by atomic mass is 10.0. The first kappa shape index (κ1) is 66.5. The van der Waals surface area contributed by atoms with E-state index in [1.165, 1.54) is 199 Å². The Labute approximate surface area is 426 Å². The molecule has 0 aliphatic heterocycles. The number of rotatable bonds is 54. The number of carbonyl (C=O) groups is 3. The van der Waals surface area contributed by atoms with E-state index in [-0.39, 0.29) is 32.2 Å². The predicted octanol–water partition coefficient (Wildman–Crippen LogP) is 16.9. The van der Waals surface area contributed by atoms with Crippen LogP contribution < -0.4 is 0 Å². The summed E-state index contributed by atoms with van der Waals surface area (Å²) >= 11 is 0. The molecule has 0 aromatic rings. The molecule has 2 atom stereocenters. The normalized spacial score (nSPS) is 13.0. The van der Waals surface area contributed by atoms with Gasteiger partial charge < -0.3 is 28.5 Å². The third-order valence-corrected chi connectivity index (χ3v) is 12.9. The smallest absolute Gasteiger partial charge is 0.361 e. The van der Waals surface area contributed by atoms with Crippen LogP contribution in [-0.2, 0) is 33.3 Å². The van der Waals surface area contributed by atoms with Gasteiger partial charge in [0, 0.05) is 12.8 Å². The lowest BCUT2D eigenvalue weighted by Crippen LogP contribution is -2.40. The number of allylic oxidation sites excluding steroid dienone is 6. The monoisotopic (exact) mass is 975 g/mol. The van der Waals surface area contributed by atoms with E-state index in [1.807, 2.05) is 21.1 Å². The van der Waals surface area contributed by atoms with E-state index in [4.69, 9.17) is 18.9 Å². The van der Waals surface area contributed by atoms with Gasteiger partial charge >= 0.3 is 17.9 Å². The Morgan fingerprint density at radius 1 is 0.435 bits per heavy atom. The van der Waals surface area contributed by atoms with Gasteiger partial charge in [0.25, 0.3) is 6.29 Å². The topological polar surface area (TPSA) is 108 Å². The first-order chi connectivity index (χ1) is 33.6. The van der Waals surface area contributed by atoms with Crippen molar-refractivity contribution in [3.8, 4) is 0 Å². The van der Waals surface area contributed by atoms with E-state index in [9.17, 15) is 19.5 Å². The summed E-state index contributed by atoms with van der Waals surface area (Å²) in [6.45, 7) is 4.89. The number of hydrogen-bond acceptors (Lipinski definition) is 7. The minimum Gasteiger partial charge on any atom is -0.477 e. The van der Waals surface area contributed by atoms with Crippen molar-refractivity contribution in [3.05, 3.63) is 36.5 Å². The number of carboxylic acid groups (broad SMARTS) is 1. The molecule has 0 spiro atoms. The van der Waals surface area contributed by atoms with Crippen molar-refractivity contribution in [1.29, 1.82) is 0 Å². The van der Waals surface area contributed by atoms with Gasteiger partial charge in [0.15, 0.2) is 6.10 Å². The molecule has 0 saturated carbocycles. The summed E-state index contributed by atoms with van der Waals surface area (Å²) in [7, 11) is 5.97. The molecular weight excluding hydrogens is 863 g/mol. The maximum Gasteiger partial charge on any atom is 0.361 e. The molecule has 0 aromatic heterocycles. The highest BCUT2D eigenvalue weighted by Gasteiger charge is 2.25. The molecule has 2 unspecified atom stereocenters. The van der Waals surface area contributed by atoms with E-state index >= 15 is 0 Å². The summed E-state index contributed by atoms with van der Waals surface area (Å²) < 4.78 is 22.9. The zero-order valence-corrected chi connectivity index (χ0v) is 46.0. The third kappa shape index (κ3) is 53.1. The van der Waals surface area contributed by atoms with E-state index in [0.717, 1.165) is 44.9 Å². The van der Waals surface area contributed by atoms with Crippen molar-refractivity contribution in [2.75, 3.05) is 47.5 Å². The second kappa shape index (κ2) is 51.9. The van der Waals surface area contributed by atoms with Crippen molar-refractivity contribution in [2.24, 2.45) is 0 Å². The number of quaternary nitrogens is 1. The standard InChI is InChI=1S/C60H111NO8/c1-6-8-10-12-14-16-18-20-22-24-25-26-27-28-29-30-31-32-33-35-37-39-41-43-45-47-49-51-58(63)69-56(55-68-60(59(64)65)66-53-52-61(3,4)5)54-67-57(62)50-48-46-44-42-40-38-36-34-23-21-19-17-15-13-11-9-7-2/h18,20-21,23-25,56,60H,6-17,19,22,26-55H2,1-5H3/p+1/b20-18-,23-21-,25-24-. The van der Waals surface area contributed by atoms with Gasteiger partial charge in [-0.1, -0.05) is 224 Å². The molecule has 0 aromatic carbocycles. The summed E-state index contributed by atoms with van der Waals surface area (Å²) in [5, 5.41) is 9.70. The van der Waals surface area contributed by atoms with Crippen LogP contribution in [0.5, 0.6) is 0 Å². The van der Waals surface area contributed by atoms with Crippen molar-refractivity contribution in [2.45, 2.75) is 283 Å². The molecule has 0 aliphatic rings. The summed E-state index contributed by atoms with van der Waals surface area (Å²) in [4.78, 5) is 37.4. The van der Waals surface area contributed by atoms with E-state index < -0.39 is 24.3 Å². The Kier molecular flexibility index (Phi) is 50.0. The van der Waals surface area contributed by atoms with Gasteiger partial charge in [0.1, 0.15) is 13.2 Å². The summed E-state index contributed by atoms with van der Waals surface area (Å²) in [6.07, 6.45) is 59.3. The zero-order valence-electron chi connectivity index (χ0n) is 46.0. The van der Waals surface area contributed by atoms with Crippen molar-refractivity contribution in [3.63, 3.8) is 0 Å². The molecule has 0 fully saturated rings. The Balaban J connectivity index is 4.20. The molecule has 404 valence electrons. The van der Waals surface area contributed by atoms with E-state index in [2.05, 4.69) is 50.3 Å². The number of unbranched alkanes of at least 4 members (excludes halogenated alkanes) is 33. The number of carbonyl (C=O) groups excluding carboxylic acids is 2. The molecule has 69 heavy (non-hydrogen) atoms. The zero-order chi connectivity index (χ0) is 50.6. The van der Waals surface area contributed by atoms with Crippen LogP contribution in [-0.4, -0.2) is 87.4 Å². The fraction of sp³-hybridized carbons (Fsp3) is 0.850. The minimum atomic E-state index is -1.51. The molecule has 0 bridgehead atoms. The van der Waals surface area contributed by atoms with Gasteiger partial charge in [-0.05, 0) is 70.6 Å². The number of carboxylic acids is 1. The van der Waals surface area contributed by atoms with Crippen LogP contribution in [0.15, 0.2) is 36.5 Å². The molecule has 1 N–H and O–H groups in total. The lowest BCUT2D eigenvalue weighted by molar-refractivity contribution is -0.870. The van der Waals surface area contributed by atoms with Gasteiger partial charge in [-0.2, -0.15) is 0 Å². The summed E-state index contributed by atoms with van der Waals surface area (Å²) in [5.74, 6) is -2.00. The quantitative estimate of drug-likeness (QED) is 0.0211. The molecule has 0 amide bonds. The maximum absolute atomic E-state index is 12.9. The molecule has 0 radical (unpaired) electrons. The van der Waals surface area contributed by atoms with Crippen LogP contribution in [0.25, 0.3) is 0 Å². The van der Waals surface area contributed by atoms with Gasteiger partial charge in [0.05, 0.1) is 34.4 Å². The number of likely N-dealkylation sites (N-methyl/N-ethyl adjacent to an activating group) is 1. The average molecular weight is 976 g/mol. The molecule has 0 aliphatic carbocycles. The molecule has 0 rings (SSSR count). The second-order valence-corrected chi connectivity index (χ2v) is 20.9. The Bertz CT molecular complexity index is 1230. The Hall–Kier alpha value is -2.49. The summed E-state index contributed by atoms with van der Waals surface area (Å²) in [6, 6.07) is 0. The highest BCUT2D eigenvalue weighted by Crippen LogP contribution is 2.16. The minimum absolute atomic E-state index is 0.181. The van der Waals surface area contributed by atoms with Gasteiger partial charge in [-0.15, -0.1) is 0 Å². The van der Waals surface area contributed by atoms with Crippen LogP contribution >= 0.6 is 0 Å². The van der Waals surface area contributed by atoms with E-state index in [0.29, 0.717) is 17.4 Å². The SMILES string of the molecule is CCCCCCC/C=C\C/C=C\CCCCCCCCCCCCCCCCCC(=O)OC(COC(=O)CCCCCCCCC/C=C\CCCCCCCC)COC(OCC[N+](C)(C)C)C(=O)O. The number of hydrogen-bond donors (Lipinski definition) is 1. The maximum atomic E-state index is 12.9. The average Bonchev–Trinajstić information content (AvgIpc) is 3.31. The molecular formula is C60H112NO8+. The fourth-order valence-electron chi connectivity index (χ4n) is 8.33. The number of esters is 2. The lowest BCUT2D eigenvalue weighted by Gasteiger charge is -2.25. The fourth-order valence-corrected chi connectivity index (χ4v) is 8.33. The highest BCUT2D eigenvalue weighted by molar-refractivity contribution is 5.71. The van der Waals surface area contributed by atoms with Gasteiger partial charge in [0.2, 0.25) is 0 Å². The van der Waals surface area contributed by atoms with Crippen molar-refractivity contribution >= 4 is 17.9 Å². The molecule has 0 heterocycles. The number of ether oxygens (including phenoxy) is 4. The van der Waals surface area contributed by atoms with Gasteiger partial charge in [-0.3, -0.25) is 9.59 Å². The summed E-state index contributed by atoms with van der Waals surface area (Å²) in [5.41, 5.74) is 0. The van der Waals surface area contributed by atoms with Crippen LogP contribution in [0.2, 0.25) is 0 Å². The highest BCUT2D eigenvalue weighted by atomic mass is 16.7. The second-order valence-electron chi connectivity index (χ2n) is 20.9. The molecule has 9 heteroatoms. The van der Waals surface area contributed by atoms with Crippen LogP contribution in [0, 0.1) is 0 Å². The van der Waals surface area contributed by atoms with Gasteiger partial charge in [-0.25, -0.2) is 4.79 Å². The third-order valence-electron chi connectivity index (χ3n) is 12.9. The predicted molar refractivity (Wildman–Crippen MR) is 291 cm³/mol. The van der Waals surface area contributed by atoms with Crippen LogP contribution in [0.3, 0.4) is 0 Å². The first-order valence-electron chi connectivity index (χ1n) is 29.2.